The van der Waals surface area contributed by atoms with Gasteiger partial charge in [0, 0.05) is 49.1 Å². The maximum absolute atomic E-state index is 14.5. The summed E-state index contributed by atoms with van der Waals surface area (Å²) < 4.78 is 0. The van der Waals surface area contributed by atoms with E-state index >= 15 is 0 Å². The summed E-state index contributed by atoms with van der Waals surface area (Å²) in [5.41, 5.74) is 8.15. The molecule has 1 saturated heterocycles. The van der Waals surface area contributed by atoms with Gasteiger partial charge in [0.15, 0.2) is 5.96 Å². The highest BCUT2D eigenvalue weighted by molar-refractivity contribution is 5.98. The zero-order valence-corrected chi connectivity index (χ0v) is 33.4. The number of carbonyl (C=O) groups is 6. The van der Waals surface area contributed by atoms with Gasteiger partial charge in [-0.3, -0.25) is 34.2 Å². The molecule has 0 aliphatic carbocycles. The topological polar surface area (TPSA) is 281 Å². The third-order valence-electron chi connectivity index (χ3n) is 9.96. The molecule has 1 aliphatic heterocycles. The summed E-state index contributed by atoms with van der Waals surface area (Å²) in [5.74, 6) is -4.37. The Balaban J connectivity index is 1.55. The number of aromatic amines is 2. The first-order valence-electron chi connectivity index (χ1n) is 19.7. The van der Waals surface area contributed by atoms with E-state index in [1.807, 2.05) is 44.2 Å². The SMILES string of the molecule is CC(C)C[C@@H]1NC(=O)[C@H](C)NC(=O)[C@H](Cc2c[nH]cn2)NC(=O)[C@H](Cc2c[nH]c3ccccc23)NC(=O)[C@H](Cc2ccccc2)NC(=O)[C@H](CCCNC(=N)N)NC1=O. The lowest BCUT2D eigenvalue weighted by Crippen LogP contribution is -2.62. The Morgan fingerprint density at radius 3 is 1.95 bits per heavy atom. The normalized spacial score (nSPS) is 22.6. The van der Waals surface area contributed by atoms with E-state index in [1.54, 1.807) is 36.7 Å². The van der Waals surface area contributed by atoms with Crippen molar-refractivity contribution in [2.24, 2.45) is 11.7 Å². The number of aromatic nitrogens is 3. The molecule has 0 saturated carbocycles. The molecule has 0 radical (unpaired) electrons. The predicted octanol–water partition coefficient (Wildman–Crippen LogP) is 0.171. The lowest BCUT2D eigenvalue weighted by molar-refractivity contribution is -0.136. The number of fused-ring (bicyclic) bond motifs is 1. The van der Waals surface area contributed by atoms with E-state index in [0.717, 1.165) is 10.9 Å². The second-order valence-electron chi connectivity index (χ2n) is 15.2. The molecule has 4 aromatic rings. The van der Waals surface area contributed by atoms with Gasteiger partial charge in [0.1, 0.15) is 36.3 Å². The summed E-state index contributed by atoms with van der Waals surface area (Å²) >= 11 is 0. The molecule has 0 bridgehead atoms. The molecule has 5 rings (SSSR count). The van der Waals surface area contributed by atoms with Crippen LogP contribution in [0.3, 0.4) is 0 Å². The van der Waals surface area contributed by atoms with Crippen LogP contribution in [0.5, 0.6) is 0 Å². The van der Waals surface area contributed by atoms with Gasteiger partial charge in [0.05, 0.1) is 12.0 Å². The Morgan fingerprint density at radius 1 is 0.712 bits per heavy atom. The second kappa shape index (κ2) is 20.6. The molecule has 3 heterocycles. The fourth-order valence-corrected chi connectivity index (χ4v) is 6.88. The van der Waals surface area contributed by atoms with Gasteiger partial charge in [0.25, 0.3) is 0 Å². The van der Waals surface area contributed by atoms with E-state index in [9.17, 15) is 28.8 Å². The number of nitrogens with one attached hydrogen (secondary N) is 10. The second-order valence-corrected chi connectivity index (χ2v) is 15.2. The van der Waals surface area contributed by atoms with Crippen molar-refractivity contribution in [2.75, 3.05) is 6.54 Å². The number of para-hydroxylation sites is 1. The average Bonchev–Trinajstić information content (AvgIpc) is 3.87. The predicted molar refractivity (Wildman–Crippen MR) is 220 cm³/mol. The van der Waals surface area contributed by atoms with Gasteiger partial charge < -0.3 is 52.9 Å². The number of guanidine groups is 1. The molecule has 2 aromatic carbocycles. The van der Waals surface area contributed by atoms with E-state index in [-0.39, 0.29) is 50.5 Å². The van der Waals surface area contributed by atoms with Crippen molar-refractivity contribution in [1.82, 2.24) is 52.2 Å². The van der Waals surface area contributed by atoms with Gasteiger partial charge in [-0.2, -0.15) is 0 Å². The first kappa shape index (κ1) is 43.4. The van der Waals surface area contributed by atoms with Crippen molar-refractivity contribution in [1.29, 1.82) is 5.41 Å². The van der Waals surface area contributed by atoms with Crippen LogP contribution in [0.2, 0.25) is 0 Å². The molecule has 314 valence electrons. The summed E-state index contributed by atoms with van der Waals surface area (Å²) in [6.07, 6.45) is 5.30. The standard InChI is InChI=1S/C41H54N12O6/c1-23(2)16-31-38(57)49-30(14-9-15-45-41(42)43)36(55)51-32(17-25-10-5-4-6-11-25)39(58)52-33(18-26-20-46-29-13-8-7-12-28(26)29)40(59)53-34(19-27-21-44-22-47-27)37(56)48-24(3)35(54)50-31/h4-8,10-13,20-24,30-34,46H,9,14-19H2,1-3H3,(H,44,47)(H,48,56)(H,49,57)(H,50,54)(H,51,55)(H,52,58)(H,53,59)(H4,42,43,45)/t24-,30-,31-,32-,33-,34-/m0/s1. The van der Waals surface area contributed by atoms with Crippen LogP contribution in [-0.2, 0) is 48.0 Å². The molecular weight excluding hydrogens is 757 g/mol. The van der Waals surface area contributed by atoms with Crippen molar-refractivity contribution in [2.45, 2.75) is 95.5 Å². The zero-order valence-electron chi connectivity index (χ0n) is 33.4. The third-order valence-corrected chi connectivity index (χ3v) is 9.96. The average molecular weight is 811 g/mol. The first-order chi connectivity index (χ1) is 28.3. The largest absolute Gasteiger partial charge is 0.370 e. The van der Waals surface area contributed by atoms with Crippen molar-refractivity contribution in [3.63, 3.8) is 0 Å². The van der Waals surface area contributed by atoms with Crippen LogP contribution in [0.25, 0.3) is 10.9 Å². The van der Waals surface area contributed by atoms with Gasteiger partial charge in [-0.05, 0) is 49.3 Å². The van der Waals surface area contributed by atoms with Gasteiger partial charge in [-0.25, -0.2) is 4.98 Å². The summed E-state index contributed by atoms with van der Waals surface area (Å²) in [7, 11) is 0. The highest BCUT2D eigenvalue weighted by Crippen LogP contribution is 2.20. The zero-order chi connectivity index (χ0) is 42.5. The Kier molecular flexibility index (Phi) is 15.2. The van der Waals surface area contributed by atoms with Crippen molar-refractivity contribution in [3.05, 3.63) is 90.1 Å². The van der Waals surface area contributed by atoms with Crippen LogP contribution >= 0.6 is 0 Å². The molecule has 59 heavy (non-hydrogen) atoms. The third kappa shape index (κ3) is 12.6. The van der Waals surface area contributed by atoms with Gasteiger partial charge >= 0.3 is 0 Å². The van der Waals surface area contributed by atoms with Gasteiger partial charge in [0.2, 0.25) is 35.4 Å². The molecule has 2 aromatic heterocycles. The minimum absolute atomic E-state index is 0.00220. The number of hydrogen-bond donors (Lipinski definition) is 11. The number of rotatable bonds is 12. The van der Waals surface area contributed by atoms with Crippen molar-refractivity contribution < 1.29 is 28.8 Å². The number of benzene rings is 2. The van der Waals surface area contributed by atoms with E-state index in [4.69, 9.17) is 11.1 Å². The summed E-state index contributed by atoms with van der Waals surface area (Å²) in [6, 6.07) is 9.32. The summed E-state index contributed by atoms with van der Waals surface area (Å²) in [4.78, 5) is 94.9. The van der Waals surface area contributed by atoms with E-state index in [2.05, 4.69) is 52.2 Å². The van der Waals surface area contributed by atoms with E-state index < -0.39 is 71.7 Å². The lowest BCUT2D eigenvalue weighted by Gasteiger charge is -2.29. The number of nitrogens with two attached hydrogens (primary N) is 1. The summed E-state index contributed by atoms with van der Waals surface area (Å²) in [6.45, 7) is 5.41. The molecule has 12 N–H and O–H groups in total. The summed E-state index contributed by atoms with van der Waals surface area (Å²) in [5, 5.41) is 27.7. The van der Waals surface area contributed by atoms with Crippen molar-refractivity contribution in [3.8, 4) is 0 Å². The van der Waals surface area contributed by atoms with Gasteiger partial charge in [-0.1, -0.05) is 62.4 Å². The number of hydrogen-bond acceptors (Lipinski definition) is 8. The number of amides is 6. The fourth-order valence-electron chi connectivity index (χ4n) is 6.88. The fraction of sp³-hybridized carbons (Fsp3) is 0.415. The number of carbonyl (C=O) groups excluding carboxylic acids is 6. The number of H-pyrrole nitrogens is 2. The smallest absolute Gasteiger partial charge is 0.243 e. The van der Waals surface area contributed by atoms with E-state index in [0.29, 0.717) is 23.2 Å². The van der Waals surface area contributed by atoms with Crippen LogP contribution < -0.4 is 43.0 Å². The van der Waals surface area contributed by atoms with Crippen molar-refractivity contribution >= 4 is 52.3 Å². The molecule has 6 atom stereocenters. The lowest BCUT2D eigenvalue weighted by atomic mass is 10.00. The molecule has 1 fully saturated rings. The van der Waals surface area contributed by atoms with Crippen LogP contribution in [0, 0.1) is 11.3 Å². The molecule has 6 amide bonds. The highest BCUT2D eigenvalue weighted by Gasteiger charge is 2.35. The molecule has 18 heteroatoms. The minimum Gasteiger partial charge on any atom is -0.370 e. The van der Waals surface area contributed by atoms with Crippen LogP contribution in [0.4, 0.5) is 0 Å². The molecule has 1 aliphatic rings. The molecule has 0 unspecified atom stereocenters. The quantitative estimate of drug-likeness (QED) is 0.0528. The maximum atomic E-state index is 14.5. The molecular formula is C41H54N12O6. The molecule has 18 nitrogen and oxygen atoms in total. The van der Waals surface area contributed by atoms with Crippen LogP contribution in [0.1, 0.15) is 56.9 Å². The Labute approximate surface area is 341 Å². The molecule has 0 spiro atoms. The maximum Gasteiger partial charge on any atom is 0.243 e. The number of imidazole rings is 1. The highest BCUT2D eigenvalue weighted by atomic mass is 16.2. The number of nitrogens with zero attached hydrogens (tertiary/aromatic N) is 1. The Hall–Kier alpha value is -6.72. The van der Waals surface area contributed by atoms with Crippen LogP contribution in [0.15, 0.2) is 73.3 Å². The first-order valence-corrected chi connectivity index (χ1v) is 19.7. The Morgan fingerprint density at radius 2 is 1.29 bits per heavy atom. The van der Waals surface area contributed by atoms with E-state index in [1.165, 1.54) is 13.3 Å². The van der Waals surface area contributed by atoms with Crippen LogP contribution in [-0.4, -0.2) is 99.2 Å². The monoisotopic (exact) mass is 810 g/mol. The minimum atomic E-state index is -1.25. The van der Waals surface area contributed by atoms with Gasteiger partial charge in [-0.15, -0.1) is 0 Å². The Bertz CT molecular complexity index is 2090.